The molecule has 2 heterocycles. The van der Waals surface area contributed by atoms with Gasteiger partial charge in [0.05, 0.1) is 19.3 Å². The molecule has 0 radical (unpaired) electrons. The molecule has 20 heavy (non-hydrogen) atoms. The number of hydrogen-bond donors (Lipinski definition) is 1. The molecular formula is C16H21NO2S. The minimum atomic E-state index is -0.497. The molecule has 1 saturated heterocycles. The number of fused-ring (bicyclic) bond motifs is 1. The van der Waals surface area contributed by atoms with Crippen molar-refractivity contribution in [3.8, 4) is 0 Å². The summed E-state index contributed by atoms with van der Waals surface area (Å²) in [4.78, 5) is 2.33. The molecule has 1 aliphatic rings. The molecule has 0 saturated carbocycles. The van der Waals surface area contributed by atoms with Crippen molar-refractivity contribution in [3.63, 3.8) is 0 Å². The minimum Gasteiger partial charge on any atom is -0.386 e. The molecule has 0 bridgehead atoms. The van der Waals surface area contributed by atoms with Gasteiger partial charge in [0.1, 0.15) is 0 Å². The second kappa shape index (κ2) is 5.45. The average Bonchev–Trinajstić information content (AvgIpc) is 2.95. The van der Waals surface area contributed by atoms with E-state index in [0.717, 1.165) is 31.9 Å². The Morgan fingerprint density at radius 3 is 2.75 bits per heavy atom. The van der Waals surface area contributed by atoms with Gasteiger partial charge in [-0.25, -0.2) is 0 Å². The van der Waals surface area contributed by atoms with E-state index in [-0.39, 0.29) is 5.54 Å². The number of thiophene rings is 1. The highest BCUT2D eigenvalue weighted by molar-refractivity contribution is 7.17. The van der Waals surface area contributed by atoms with Gasteiger partial charge in [-0.05, 0) is 30.7 Å². The van der Waals surface area contributed by atoms with Crippen LogP contribution in [0, 0.1) is 0 Å². The zero-order valence-electron chi connectivity index (χ0n) is 12.0. The quantitative estimate of drug-likeness (QED) is 0.943. The summed E-state index contributed by atoms with van der Waals surface area (Å²) in [5.41, 5.74) is 0.746. The largest absolute Gasteiger partial charge is 0.386 e. The predicted octanol–water partition coefficient (Wildman–Crippen LogP) is 3.05. The standard InChI is InChI=1S/C16H21NO2S/c1-16(2,17-7-9-19-10-8-17)15(18)13-5-3-4-12-6-11-20-14(12)13/h3-6,11,15,18H,7-10H2,1-2H3. The van der Waals surface area contributed by atoms with Crippen LogP contribution in [0.4, 0.5) is 0 Å². The first-order chi connectivity index (χ1) is 9.60. The fourth-order valence-electron chi connectivity index (χ4n) is 2.92. The highest BCUT2D eigenvalue weighted by Crippen LogP contribution is 2.37. The van der Waals surface area contributed by atoms with E-state index in [2.05, 4.69) is 36.3 Å². The maximum Gasteiger partial charge on any atom is 0.0982 e. The molecule has 1 unspecified atom stereocenters. The molecular weight excluding hydrogens is 270 g/mol. The van der Waals surface area contributed by atoms with Crippen molar-refractivity contribution in [3.05, 3.63) is 35.2 Å². The summed E-state index contributed by atoms with van der Waals surface area (Å²) < 4.78 is 6.61. The highest BCUT2D eigenvalue weighted by atomic mass is 32.1. The molecule has 1 aliphatic heterocycles. The molecule has 1 aromatic heterocycles. The summed E-state index contributed by atoms with van der Waals surface area (Å²) in [6, 6.07) is 8.29. The van der Waals surface area contributed by atoms with E-state index >= 15 is 0 Å². The Morgan fingerprint density at radius 1 is 1.25 bits per heavy atom. The number of morpholine rings is 1. The summed E-state index contributed by atoms with van der Waals surface area (Å²) in [6.07, 6.45) is -0.497. The number of hydrogen-bond acceptors (Lipinski definition) is 4. The lowest BCUT2D eigenvalue weighted by atomic mass is 9.88. The predicted molar refractivity (Wildman–Crippen MR) is 83.3 cm³/mol. The molecule has 1 atom stereocenters. The van der Waals surface area contributed by atoms with Crippen LogP contribution in [0.15, 0.2) is 29.6 Å². The lowest BCUT2D eigenvalue weighted by Gasteiger charge is -2.44. The monoisotopic (exact) mass is 291 g/mol. The highest BCUT2D eigenvalue weighted by Gasteiger charge is 2.36. The van der Waals surface area contributed by atoms with Crippen LogP contribution in [-0.4, -0.2) is 41.8 Å². The summed E-state index contributed by atoms with van der Waals surface area (Å²) in [5.74, 6) is 0. The Hall–Kier alpha value is -0.940. The van der Waals surface area contributed by atoms with Crippen molar-refractivity contribution in [2.45, 2.75) is 25.5 Å². The summed E-state index contributed by atoms with van der Waals surface area (Å²) in [6.45, 7) is 7.50. The van der Waals surface area contributed by atoms with Crippen LogP contribution in [0.2, 0.25) is 0 Å². The smallest absolute Gasteiger partial charge is 0.0982 e. The number of rotatable bonds is 3. The van der Waals surface area contributed by atoms with Crippen molar-refractivity contribution in [2.75, 3.05) is 26.3 Å². The van der Waals surface area contributed by atoms with Crippen LogP contribution in [0.5, 0.6) is 0 Å². The first-order valence-corrected chi connectivity index (χ1v) is 7.95. The number of aliphatic hydroxyl groups excluding tert-OH is 1. The van der Waals surface area contributed by atoms with Gasteiger partial charge in [-0.1, -0.05) is 18.2 Å². The van der Waals surface area contributed by atoms with E-state index in [1.165, 1.54) is 10.1 Å². The molecule has 2 aromatic rings. The van der Waals surface area contributed by atoms with Crippen molar-refractivity contribution in [1.29, 1.82) is 0 Å². The van der Waals surface area contributed by atoms with Crippen LogP contribution < -0.4 is 0 Å². The third kappa shape index (κ3) is 2.37. The lowest BCUT2D eigenvalue weighted by Crippen LogP contribution is -2.53. The van der Waals surface area contributed by atoms with Gasteiger partial charge in [-0.15, -0.1) is 11.3 Å². The minimum absolute atomic E-state index is 0.290. The Kier molecular flexibility index (Phi) is 3.82. The topological polar surface area (TPSA) is 32.7 Å². The molecule has 3 rings (SSSR count). The van der Waals surface area contributed by atoms with Gasteiger partial charge < -0.3 is 9.84 Å². The van der Waals surface area contributed by atoms with Gasteiger partial charge in [0, 0.05) is 28.9 Å². The van der Waals surface area contributed by atoms with E-state index < -0.39 is 6.10 Å². The third-order valence-corrected chi connectivity index (χ3v) is 5.28. The van der Waals surface area contributed by atoms with Crippen LogP contribution in [0.1, 0.15) is 25.5 Å². The zero-order chi connectivity index (χ0) is 14.2. The summed E-state index contributed by atoms with van der Waals surface area (Å²) in [5, 5.41) is 14.2. The number of aliphatic hydroxyl groups is 1. The Morgan fingerprint density at radius 2 is 2.00 bits per heavy atom. The normalized spacial score (nSPS) is 19.4. The SMILES string of the molecule is CC(C)(C(O)c1cccc2ccsc12)N1CCOCC1. The molecule has 1 N–H and O–H groups in total. The Bertz CT molecular complexity index is 587. The van der Waals surface area contributed by atoms with Gasteiger partial charge in [0.2, 0.25) is 0 Å². The van der Waals surface area contributed by atoms with Crippen LogP contribution >= 0.6 is 11.3 Å². The second-order valence-electron chi connectivity index (χ2n) is 5.84. The van der Waals surface area contributed by atoms with Crippen LogP contribution in [0.3, 0.4) is 0 Å². The second-order valence-corrected chi connectivity index (χ2v) is 6.76. The van der Waals surface area contributed by atoms with Gasteiger partial charge in [-0.2, -0.15) is 0 Å². The van der Waals surface area contributed by atoms with E-state index in [1.807, 2.05) is 12.1 Å². The van der Waals surface area contributed by atoms with E-state index in [1.54, 1.807) is 11.3 Å². The maximum absolute atomic E-state index is 10.9. The van der Waals surface area contributed by atoms with Crippen LogP contribution in [0.25, 0.3) is 10.1 Å². The number of nitrogens with zero attached hydrogens (tertiary/aromatic N) is 1. The van der Waals surface area contributed by atoms with Crippen molar-refractivity contribution >= 4 is 21.4 Å². The molecule has 4 heteroatoms. The van der Waals surface area contributed by atoms with Crippen molar-refractivity contribution in [1.82, 2.24) is 4.90 Å². The van der Waals surface area contributed by atoms with E-state index in [9.17, 15) is 5.11 Å². The van der Waals surface area contributed by atoms with E-state index in [0.29, 0.717) is 0 Å². The van der Waals surface area contributed by atoms with Gasteiger partial charge in [0.15, 0.2) is 0 Å². The lowest BCUT2D eigenvalue weighted by molar-refractivity contribution is -0.0625. The van der Waals surface area contributed by atoms with Gasteiger partial charge in [0.25, 0.3) is 0 Å². The number of ether oxygens (including phenoxy) is 1. The fourth-order valence-corrected chi connectivity index (χ4v) is 3.86. The average molecular weight is 291 g/mol. The fraction of sp³-hybridized carbons (Fsp3) is 0.500. The molecule has 3 nitrogen and oxygen atoms in total. The third-order valence-electron chi connectivity index (χ3n) is 4.30. The van der Waals surface area contributed by atoms with Crippen molar-refractivity contribution < 1.29 is 9.84 Å². The Balaban J connectivity index is 1.94. The van der Waals surface area contributed by atoms with Gasteiger partial charge in [-0.3, -0.25) is 4.90 Å². The number of benzene rings is 1. The van der Waals surface area contributed by atoms with Crippen molar-refractivity contribution in [2.24, 2.45) is 0 Å². The van der Waals surface area contributed by atoms with E-state index in [4.69, 9.17) is 4.74 Å². The molecule has 1 fully saturated rings. The summed E-state index contributed by atoms with van der Waals surface area (Å²) in [7, 11) is 0. The first-order valence-electron chi connectivity index (χ1n) is 7.07. The summed E-state index contributed by atoms with van der Waals surface area (Å²) >= 11 is 1.70. The molecule has 108 valence electrons. The molecule has 0 aliphatic carbocycles. The first kappa shape index (κ1) is 14.0. The molecule has 1 aromatic carbocycles. The Labute approximate surface area is 123 Å². The zero-order valence-corrected chi connectivity index (χ0v) is 12.8. The van der Waals surface area contributed by atoms with Gasteiger partial charge >= 0.3 is 0 Å². The molecule has 0 amide bonds. The molecule has 0 spiro atoms. The van der Waals surface area contributed by atoms with Crippen LogP contribution in [-0.2, 0) is 4.74 Å². The maximum atomic E-state index is 10.9.